The van der Waals surface area contributed by atoms with Gasteiger partial charge >= 0.3 is 0 Å². The zero-order valence-electron chi connectivity index (χ0n) is 22.3. The number of aromatic nitrogens is 2. The van der Waals surface area contributed by atoms with Gasteiger partial charge in [0.2, 0.25) is 11.8 Å². The summed E-state index contributed by atoms with van der Waals surface area (Å²) in [6, 6.07) is 23.8. The highest BCUT2D eigenvalue weighted by Gasteiger charge is 2.38. The molecule has 4 aromatic rings. The van der Waals surface area contributed by atoms with Gasteiger partial charge < -0.3 is 5.32 Å². The van der Waals surface area contributed by atoms with E-state index in [0.29, 0.717) is 17.4 Å². The number of thioether (sulfide) groups is 1. The quantitative estimate of drug-likeness (QED) is 0.281. The third-order valence-electron chi connectivity index (χ3n) is 7.00. The van der Waals surface area contributed by atoms with Gasteiger partial charge in [-0.25, -0.2) is 4.68 Å². The first-order valence-corrected chi connectivity index (χ1v) is 14.5. The number of carbonyl (C=O) groups is 2. The van der Waals surface area contributed by atoms with E-state index in [1.807, 2.05) is 78.3 Å². The smallest absolute Gasteiger partial charge is 0.240 e. The van der Waals surface area contributed by atoms with E-state index in [-0.39, 0.29) is 29.4 Å². The van der Waals surface area contributed by atoms with Gasteiger partial charge in [0.1, 0.15) is 12.4 Å². The zero-order chi connectivity index (χ0) is 27.5. The van der Waals surface area contributed by atoms with Crippen LogP contribution in [0.4, 0.5) is 5.82 Å². The van der Waals surface area contributed by atoms with Crippen molar-refractivity contribution in [2.24, 2.45) is 0 Å². The Balaban J connectivity index is 1.83. The molecule has 0 saturated carbocycles. The standard InChI is InChI=1S/C31H31ClN4O2S/c1-4-17-33-26(37)18-35-27(38)19-39-30(23-14-8-9-15-24(23)32)28-29(22-12-6-5-7-13-22)34-36(31(28)35)25-16-10-11-20(2)21(25)3/h5-16,30H,4,17-19H2,1-3H3,(H,33,37)/t30-/m0/s1. The Hall–Kier alpha value is -3.55. The van der Waals surface area contributed by atoms with Crippen molar-refractivity contribution in [1.82, 2.24) is 15.1 Å². The summed E-state index contributed by atoms with van der Waals surface area (Å²) in [6.45, 7) is 6.57. The third kappa shape index (κ3) is 5.34. The Kier molecular flexibility index (Phi) is 8.10. The fourth-order valence-corrected chi connectivity index (χ4v) is 6.40. The van der Waals surface area contributed by atoms with Crippen molar-refractivity contribution in [2.45, 2.75) is 32.4 Å². The molecule has 0 unspecified atom stereocenters. The molecule has 0 spiro atoms. The molecule has 0 radical (unpaired) electrons. The van der Waals surface area contributed by atoms with Gasteiger partial charge in [0.15, 0.2) is 0 Å². The Labute approximate surface area is 238 Å². The van der Waals surface area contributed by atoms with Crippen LogP contribution >= 0.6 is 23.4 Å². The summed E-state index contributed by atoms with van der Waals surface area (Å²) in [5.74, 6) is 0.460. The van der Waals surface area contributed by atoms with E-state index < -0.39 is 0 Å². The summed E-state index contributed by atoms with van der Waals surface area (Å²) in [5, 5.41) is 8.46. The second-order valence-corrected chi connectivity index (χ2v) is 11.1. The fraction of sp³-hybridized carbons (Fsp3) is 0.258. The molecule has 1 N–H and O–H groups in total. The highest BCUT2D eigenvalue weighted by molar-refractivity contribution is 8.00. The molecule has 1 aliphatic rings. The monoisotopic (exact) mass is 558 g/mol. The van der Waals surface area contributed by atoms with Gasteiger partial charge in [-0.15, -0.1) is 11.8 Å². The normalized spacial score (nSPS) is 15.1. The first-order valence-electron chi connectivity index (χ1n) is 13.1. The molecule has 39 heavy (non-hydrogen) atoms. The number of carbonyl (C=O) groups excluding carboxylic acids is 2. The van der Waals surface area contributed by atoms with Crippen LogP contribution in [0.1, 0.15) is 40.8 Å². The fourth-order valence-electron chi connectivity index (χ4n) is 4.86. The summed E-state index contributed by atoms with van der Waals surface area (Å²) in [7, 11) is 0. The number of halogens is 1. The molecule has 8 heteroatoms. The van der Waals surface area contributed by atoms with Crippen molar-refractivity contribution in [3.63, 3.8) is 0 Å². The minimum Gasteiger partial charge on any atom is -0.355 e. The molecule has 5 rings (SSSR count). The van der Waals surface area contributed by atoms with Gasteiger partial charge in [-0.2, -0.15) is 5.10 Å². The van der Waals surface area contributed by atoms with Crippen LogP contribution in [-0.2, 0) is 9.59 Å². The van der Waals surface area contributed by atoms with Crippen LogP contribution in [0, 0.1) is 13.8 Å². The van der Waals surface area contributed by atoms with Crippen LogP contribution in [0.2, 0.25) is 5.02 Å². The highest BCUT2D eigenvalue weighted by atomic mass is 35.5. The number of aryl methyl sites for hydroxylation is 1. The highest BCUT2D eigenvalue weighted by Crippen LogP contribution is 2.50. The van der Waals surface area contributed by atoms with Crippen LogP contribution in [0.15, 0.2) is 72.8 Å². The molecule has 1 aliphatic heterocycles. The minimum atomic E-state index is -0.268. The van der Waals surface area contributed by atoms with E-state index in [1.54, 1.807) is 4.90 Å². The van der Waals surface area contributed by atoms with Crippen LogP contribution in [0.25, 0.3) is 16.9 Å². The van der Waals surface area contributed by atoms with Gasteiger partial charge in [0.25, 0.3) is 0 Å². The summed E-state index contributed by atoms with van der Waals surface area (Å²) < 4.78 is 1.85. The predicted molar refractivity (Wildman–Crippen MR) is 160 cm³/mol. The van der Waals surface area contributed by atoms with Crippen molar-refractivity contribution in [3.05, 3.63) is 100 Å². The van der Waals surface area contributed by atoms with Crippen molar-refractivity contribution >= 4 is 41.0 Å². The van der Waals surface area contributed by atoms with E-state index in [2.05, 4.69) is 25.2 Å². The lowest BCUT2D eigenvalue weighted by atomic mass is 9.99. The van der Waals surface area contributed by atoms with Crippen LogP contribution in [0.3, 0.4) is 0 Å². The van der Waals surface area contributed by atoms with Gasteiger partial charge in [-0.05, 0) is 49.1 Å². The number of rotatable bonds is 7. The van der Waals surface area contributed by atoms with Crippen LogP contribution < -0.4 is 10.2 Å². The summed E-state index contributed by atoms with van der Waals surface area (Å²) in [6.07, 6.45) is 0.813. The van der Waals surface area contributed by atoms with Gasteiger partial charge in [0.05, 0.1) is 22.4 Å². The number of amides is 2. The number of hydrogen-bond acceptors (Lipinski definition) is 4. The van der Waals surface area contributed by atoms with Crippen molar-refractivity contribution < 1.29 is 9.59 Å². The Morgan fingerprint density at radius 2 is 1.79 bits per heavy atom. The second kappa shape index (κ2) is 11.7. The largest absolute Gasteiger partial charge is 0.355 e. The number of nitrogens with zero attached hydrogens (tertiary/aromatic N) is 3. The number of hydrogen-bond donors (Lipinski definition) is 1. The number of fused-ring (bicyclic) bond motifs is 1. The lowest BCUT2D eigenvalue weighted by molar-refractivity contribution is -0.122. The molecule has 0 bridgehead atoms. The predicted octanol–water partition coefficient (Wildman–Crippen LogP) is 6.50. The summed E-state index contributed by atoms with van der Waals surface area (Å²) in [4.78, 5) is 28.4. The van der Waals surface area contributed by atoms with Crippen molar-refractivity contribution in [2.75, 3.05) is 23.7 Å². The van der Waals surface area contributed by atoms with Gasteiger partial charge in [0, 0.05) is 22.7 Å². The Bertz CT molecular complexity index is 1520. The van der Waals surface area contributed by atoms with Gasteiger partial charge in [-0.3, -0.25) is 14.5 Å². The summed E-state index contributed by atoms with van der Waals surface area (Å²) >= 11 is 8.27. The topological polar surface area (TPSA) is 67.2 Å². The molecule has 6 nitrogen and oxygen atoms in total. The molecule has 1 atom stereocenters. The van der Waals surface area contributed by atoms with E-state index >= 15 is 0 Å². The molecule has 0 aliphatic carbocycles. The maximum atomic E-state index is 13.8. The molecular formula is C31H31ClN4O2S. The number of nitrogens with one attached hydrogen (secondary N) is 1. The lowest BCUT2D eigenvalue weighted by Crippen LogP contribution is -2.42. The lowest BCUT2D eigenvalue weighted by Gasteiger charge is -2.24. The Morgan fingerprint density at radius 3 is 2.54 bits per heavy atom. The van der Waals surface area contributed by atoms with Gasteiger partial charge in [-0.1, -0.05) is 79.2 Å². The van der Waals surface area contributed by atoms with Crippen molar-refractivity contribution in [3.8, 4) is 16.9 Å². The molecule has 2 heterocycles. The maximum absolute atomic E-state index is 13.8. The molecule has 200 valence electrons. The minimum absolute atomic E-state index is 0.0909. The molecular weight excluding hydrogens is 528 g/mol. The van der Waals surface area contributed by atoms with Crippen molar-refractivity contribution in [1.29, 1.82) is 0 Å². The molecule has 2 amide bonds. The van der Waals surface area contributed by atoms with E-state index in [9.17, 15) is 9.59 Å². The zero-order valence-corrected chi connectivity index (χ0v) is 23.9. The first kappa shape index (κ1) is 27.0. The average molecular weight is 559 g/mol. The Morgan fingerprint density at radius 1 is 1.05 bits per heavy atom. The molecule has 3 aromatic carbocycles. The molecule has 0 saturated heterocycles. The average Bonchev–Trinajstić information content (AvgIpc) is 3.27. The van der Waals surface area contributed by atoms with E-state index in [4.69, 9.17) is 16.7 Å². The first-order chi connectivity index (χ1) is 18.9. The second-order valence-electron chi connectivity index (χ2n) is 9.63. The van der Waals surface area contributed by atoms with Crippen LogP contribution in [0.5, 0.6) is 0 Å². The third-order valence-corrected chi connectivity index (χ3v) is 8.58. The maximum Gasteiger partial charge on any atom is 0.240 e. The SMILES string of the molecule is CCCNC(=O)CN1C(=O)CS[C@@H](c2ccccc2Cl)c2c(-c3ccccc3)nn(-c3cccc(C)c3C)c21. The molecule has 1 aromatic heterocycles. The van der Waals surface area contributed by atoms with E-state index in [0.717, 1.165) is 45.6 Å². The summed E-state index contributed by atoms with van der Waals surface area (Å²) in [5.41, 5.74) is 6.50. The molecule has 0 fully saturated rings. The number of anilines is 1. The van der Waals surface area contributed by atoms with E-state index in [1.165, 1.54) is 11.8 Å². The van der Waals surface area contributed by atoms with Crippen LogP contribution in [-0.4, -0.2) is 40.4 Å². The number of benzene rings is 3.